The molecule has 0 bridgehead atoms. The molecule has 2 N–H and O–H groups in total. The van der Waals surface area contributed by atoms with E-state index in [1.165, 1.54) is 12.8 Å². The van der Waals surface area contributed by atoms with E-state index in [2.05, 4.69) is 57.2 Å². The van der Waals surface area contributed by atoms with Crippen molar-refractivity contribution in [1.29, 1.82) is 0 Å². The molecule has 0 spiro atoms. The highest BCUT2D eigenvalue weighted by molar-refractivity contribution is 14.1. The molecular formula is C11H24IN. The molecular weight excluding hydrogens is 273 g/mol. The van der Waals surface area contributed by atoms with Gasteiger partial charge in [0.15, 0.2) is 0 Å². The molecule has 0 rings (SSSR count). The van der Waals surface area contributed by atoms with Gasteiger partial charge in [0.1, 0.15) is 0 Å². The maximum absolute atomic E-state index is 5.69. The fourth-order valence-corrected chi connectivity index (χ4v) is 1.64. The lowest BCUT2D eigenvalue weighted by Crippen LogP contribution is -2.32. The minimum absolute atomic E-state index is 0.361. The van der Waals surface area contributed by atoms with Gasteiger partial charge in [-0.2, -0.15) is 0 Å². The number of alkyl halides is 1. The highest BCUT2D eigenvalue weighted by Gasteiger charge is 2.28. The smallest absolute Gasteiger partial charge is 0.0232 e. The van der Waals surface area contributed by atoms with Crippen LogP contribution in [0.1, 0.15) is 47.5 Å². The predicted molar refractivity (Wildman–Crippen MR) is 69.3 cm³/mol. The molecule has 0 saturated carbocycles. The second-order valence-corrected chi connectivity index (χ2v) is 7.94. The van der Waals surface area contributed by atoms with Crippen LogP contribution in [0, 0.1) is 11.3 Å². The summed E-state index contributed by atoms with van der Waals surface area (Å²) in [6, 6.07) is 0. The fraction of sp³-hybridized carbons (Fsp3) is 1.00. The summed E-state index contributed by atoms with van der Waals surface area (Å²) in [6.45, 7) is 12.3. The van der Waals surface area contributed by atoms with Gasteiger partial charge in [0.2, 0.25) is 0 Å². The van der Waals surface area contributed by atoms with Gasteiger partial charge in [0, 0.05) is 3.42 Å². The fourth-order valence-electron chi connectivity index (χ4n) is 1.11. The lowest BCUT2D eigenvalue weighted by atomic mass is 9.83. The Morgan fingerprint density at radius 2 is 1.62 bits per heavy atom. The summed E-state index contributed by atoms with van der Waals surface area (Å²) in [4.78, 5) is 0. The highest BCUT2D eigenvalue weighted by Crippen LogP contribution is 2.36. The van der Waals surface area contributed by atoms with E-state index in [1.807, 2.05) is 0 Å². The van der Waals surface area contributed by atoms with Crippen LogP contribution in [-0.2, 0) is 0 Å². The maximum Gasteiger partial charge on any atom is 0.0232 e. The van der Waals surface area contributed by atoms with Crippen LogP contribution in [0.4, 0.5) is 0 Å². The first-order valence-corrected chi connectivity index (χ1v) is 6.16. The molecule has 0 radical (unpaired) electrons. The number of nitrogens with two attached hydrogens (primary N) is 1. The van der Waals surface area contributed by atoms with Crippen molar-refractivity contribution in [1.82, 2.24) is 0 Å². The van der Waals surface area contributed by atoms with Gasteiger partial charge in [-0.25, -0.2) is 0 Å². The van der Waals surface area contributed by atoms with Crippen molar-refractivity contribution in [3.63, 3.8) is 0 Å². The van der Waals surface area contributed by atoms with Gasteiger partial charge in [0.05, 0.1) is 0 Å². The third-order valence-electron chi connectivity index (χ3n) is 2.74. The average Bonchev–Trinajstić information content (AvgIpc) is 1.98. The first-order valence-electron chi connectivity index (χ1n) is 5.08. The Labute approximate surface area is 97.0 Å². The molecule has 0 aromatic carbocycles. The molecule has 0 fully saturated rings. The Bertz CT molecular complexity index is 147. The number of halogens is 1. The minimum Gasteiger partial charge on any atom is -0.330 e. The van der Waals surface area contributed by atoms with Crippen molar-refractivity contribution in [3.05, 3.63) is 0 Å². The van der Waals surface area contributed by atoms with Crippen LogP contribution in [0.15, 0.2) is 0 Å². The zero-order valence-electron chi connectivity index (χ0n) is 9.65. The van der Waals surface area contributed by atoms with Crippen LogP contribution in [0.25, 0.3) is 0 Å². The zero-order valence-corrected chi connectivity index (χ0v) is 11.8. The standard InChI is InChI=1S/C11H24IN/c1-9(8-13)11(5,12)7-6-10(2,3)4/h9H,6-8,13H2,1-5H3. The summed E-state index contributed by atoms with van der Waals surface area (Å²) >= 11 is 2.56. The summed E-state index contributed by atoms with van der Waals surface area (Å²) in [5, 5.41) is 0. The SMILES string of the molecule is CC(CN)C(C)(I)CCC(C)(C)C. The van der Waals surface area contributed by atoms with Gasteiger partial charge in [0.25, 0.3) is 0 Å². The summed E-state index contributed by atoms with van der Waals surface area (Å²) in [7, 11) is 0. The van der Waals surface area contributed by atoms with Crippen molar-refractivity contribution < 1.29 is 0 Å². The van der Waals surface area contributed by atoms with Gasteiger partial charge in [-0.3, -0.25) is 0 Å². The molecule has 0 aliphatic heterocycles. The second-order valence-electron chi connectivity index (χ2n) is 5.48. The Morgan fingerprint density at radius 3 is 1.92 bits per heavy atom. The maximum atomic E-state index is 5.69. The van der Waals surface area contributed by atoms with E-state index >= 15 is 0 Å². The van der Waals surface area contributed by atoms with Crippen LogP contribution in [0.3, 0.4) is 0 Å². The molecule has 2 unspecified atom stereocenters. The van der Waals surface area contributed by atoms with Crippen LogP contribution in [0.5, 0.6) is 0 Å². The van der Waals surface area contributed by atoms with Crippen LogP contribution < -0.4 is 5.73 Å². The Kier molecular flexibility index (Phi) is 5.23. The monoisotopic (exact) mass is 297 g/mol. The Hall–Kier alpha value is 0.690. The van der Waals surface area contributed by atoms with Crippen molar-refractivity contribution in [2.45, 2.75) is 50.9 Å². The predicted octanol–water partition coefficient (Wildman–Crippen LogP) is 3.60. The molecule has 13 heavy (non-hydrogen) atoms. The molecule has 0 aliphatic carbocycles. The van der Waals surface area contributed by atoms with E-state index in [4.69, 9.17) is 5.73 Å². The van der Waals surface area contributed by atoms with Gasteiger partial charge in [-0.15, -0.1) is 0 Å². The highest BCUT2D eigenvalue weighted by atomic mass is 127. The van der Waals surface area contributed by atoms with Crippen LogP contribution in [0.2, 0.25) is 0 Å². The van der Waals surface area contributed by atoms with E-state index in [9.17, 15) is 0 Å². The van der Waals surface area contributed by atoms with Crippen molar-refractivity contribution >= 4 is 22.6 Å². The van der Waals surface area contributed by atoms with Crippen LogP contribution >= 0.6 is 22.6 Å². The third kappa shape index (κ3) is 5.89. The minimum atomic E-state index is 0.361. The molecule has 0 aromatic heterocycles. The Balaban J connectivity index is 4.03. The van der Waals surface area contributed by atoms with E-state index in [0.29, 0.717) is 14.8 Å². The summed E-state index contributed by atoms with van der Waals surface area (Å²) in [5.74, 6) is 0.607. The normalized spacial score (nSPS) is 19.6. The molecule has 0 aromatic rings. The quantitative estimate of drug-likeness (QED) is 0.622. The largest absolute Gasteiger partial charge is 0.330 e. The molecule has 80 valence electrons. The van der Waals surface area contributed by atoms with Crippen molar-refractivity contribution in [2.24, 2.45) is 17.1 Å². The zero-order chi connectivity index (χ0) is 10.7. The molecule has 2 heteroatoms. The van der Waals surface area contributed by atoms with Gasteiger partial charge >= 0.3 is 0 Å². The lowest BCUT2D eigenvalue weighted by Gasteiger charge is -2.32. The average molecular weight is 297 g/mol. The van der Waals surface area contributed by atoms with Gasteiger partial charge in [-0.1, -0.05) is 57.2 Å². The van der Waals surface area contributed by atoms with Gasteiger partial charge < -0.3 is 5.73 Å². The van der Waals surface area contributed by atoms with E-state index in [1.54, 1.807) is 0 Å². The Morgan fingerprint density at radius 1 is 1.15 bits per heavy atom. The summed E-state index contributed by atoms with van der Waals surface area (Å²) in [5.41, 5.74) is 6.14. The van der Waals surface area contributed by atoms with E-state index < -0.39 is 0 Å². The number of hydrogen-bond donors (Lipinski definition) is 1. The molecule has 0 amide bonds. The van der Waals surface area contributed by atoms with Gasteiger partial charge in [-0.05, 0) is 30.7 Å². The second kappa shape index (κ2) is 4.96. The molecule has 0 heterocycles. The van der Waals surface area contributed by atoms with Crippen molar-refractivity contribution in [3.8, 4) is 0 Å². The summed E-state index contributed by atoms with van der Waals surface area (Å²) in [6.07, 6.45) is 2.53. The lowest BCUT2D eigenvalue weighted by molar-refractivity contribution is 0.319. The third-order valence-corrected chi connectivity index (χ3v) is 4.35. The summed E-state index contributed by atoms with van der Waals surface area (Å²) < 4.78 is 0.361. The van der Waals surface area contributed by atoms with Crippen molar-refractivity contribution in [2.75, 3.05) is 6.54 Å². The first kappa shape index (κ1) is 13.7. The molecule has 2 atom stereocenters. The number of rotatable bonds is 4. The first-order chi connectivity index (χ1) is 5.69. The topological polar surface area (TPSA) is 26.0 Å². The number of hydrogen-bond acceptors (Lipinski definition) is 1. The molecule has 0 aliphatic rings. The molecule has 1 nitrogen and oxygen atoms in total. The van der Waals surface area contributed by atoms with Crippen LogP contribution in [-0.4, -0.2) is 9.97 Å². The molecule has 0 saturated heterocycles. The van der Waals surface area contributed by atoms with E-state index in [-0.39, 0.29) is 0 Å². The van der Waals surface area contributed by atoms with E-state index in [0.717, 1.165) is 6.54 Å².